The topological polar surface area (TPSA) is 147 Å². The molecule has 0 aliphatic carbocycles. The van der Waals surface area contributed by atoms with E-state index in [1.54, 1.807) is 39.1 Å². The van der Waals surface area contributed by atoms with Gasteiger partial charge < -0.3 is 5.11 Å². The van der Waals surface area contributed by atoms with Crippen molar-refractivity contribution in [2.45, 2.75) is 43.5 Å². The van der Waals surface area contributed by atoms with Gasteiger partial charge in [0.05, 0.1) is 6.42 Å². The van der Waals surface area contributed by atoms with Crippen molar-refractivity contribution in [1.29, 1.82) is 0 Å². The number of aromatic amines is 1. The molecule has 0 aromatic carbocycles. The van der Waals surface area contributed by atoms with E-state index in [1.165, 1.54) is 24.5 Å². The Hall–Kier alpha value is -3.31. The molecule has 31 heavy (non-hydrogen) atoms. The molecule has 3 rings (SSSR count). The van der Waals surface area contributed by atoms with E-state index in [0.29, 0.717) is 5.56 Å². The summed E-state index contributed by atoms with van der Waals surface area (Å²) in [6.07, 6.45) is 5.37. The van der Waals surface area contributed by atoms with Gasteiger partial charge >= 0.3 is 5.97 Å². The molecule has 0 saturated carbocycles. The molecule has 11 heteroatoms. The maximum atomic E-state index is 13.0. The Balaban J connectivity index is 1.96. The van der Waals surface area contributed by atoms with Gasteiger partial charge in [-0.05, 0) is 44.5 Å². The summed E-state index contributed by atoms with van der Waals surface area (Å²) in [5.41, 5.74) is -0.307. The molecule has 164 valence electrons. The van der Waals surface area contributed by atoms with E-state index in [1.807, 2.05) is 0 Å². The second-order valence-electron chi connectivity index (χ2n) is 8.01. The van der Waals surface area contributed by atoms with E-state index in [4.69, 9.17) is 0 Å². The van der Waals surface area contributed by atoms with Crippen LogP contribution in [0, 0.1) is 0 Å². The fourth-order valence-electron chi connectivity index (χ4n) is 3.09. The van der Waals surface area contributed by atoms with E-state index in [-0.39, 0.29) is 22.7 Å². The SMILES string of the molecule is CC(C)(C)NS(=O)(=O)c1ccc(-n2[nH]cc(C(CC(=O)O)c3cccnc3)c2=O)nc1. The highest BCUT2D eigenvalue weighted by molar-refractivity contribution is 7.89. The quantitative estimate of drug-likeness (QED) is 0.501. The number of rotatable bonds is 7. The predicted octanol–water partition coefficient (Wildman–Crippen LogP) is 1.64. The molecule has 1 atom stereocenters. The Morgan fingerprint density at radius 1 is 1.26 bits per heavy atom. The zero-order valence-electron chi connectivity index (χ0n) is 17.2. The highest BCUT2D eigenvalue weighted by Crippen LogP contribution is 2.25. The summed E-state index contributed by atoms with van der Waals surface area (Å²) >= 11 is 0. The number of sulfonamides is 1. The summed E-state index contributed by atoms with van der Waals surface area (Å²) in [5, 5.41) is 12.1. The number of hydrogen-bond acceptors (Lipinski definition) is 6. The van der Waals surface area contributed by atoms with Crippen molar-refractivity contribution >= 4 is 16.0 Å². The van der Waals surface area contributed by atoms with Crippen molar-refractivity contribution in [3.63, 3.8) is 0 Å². The Morgan fingerprint density at radius 3 is 2.55 bits per heavy atom. The lowest BCUT2D eigenvalue weighted by Crippen LogP contribution is -2.40. The number of carboxylic acids is 1. The smallest absolute Gasteiger partial charge is 0.304 e. The van der Waals surface area contributed by atoms with Crippen molar-refractivity contribution in [3.8, 4) is 5.82 Å². The highest BCUT2D eigenvalue weighted by Gasteiger charge is 2.25. The number of H-pyrrole nitrogens is 1. The first-order chi connectivity index (χ1) is 14.5. The monoisotopic (exact) mass is 445 g/mol. The summed E-state index contributed by atoms with van der Waals surface area (Å²) in [6, 6.07) is 6.12. The number of carboxylic acid groups (broad SMARTS) is 1. The Morgan fingerprint density at radius 2 is 2.00 bits per heavy atom. The predicted molar refractivity (Wildman–Crippen MR) is 113 cm³/mol. The molecule has 3 N–H and O–H groups in total. The van der Waals surface area contributed by atoms with E-state index >= 15 is 0 Å². The Bertz CT molecular complexity index is 1230. The third kappa shape index (κ3) is 5.25. The molecule has 3 aromatic rings. The maximum absolute atomic E-state index is 13.0. The molecule has 0 amide bonds. The standard InChI is InChI=1S/C20H23N5O5S/c1-20(2,3)24-31(29,30)14-6-7-17(22-11-14)25-19(28)16(12-23-25)15(9-18(26)27)13-5-4-8-21-10-13/h4-8,10-12,15,23-24H,9H2,1-3H3,(H,26,27). The van der Waals surface area contributed by atoms with Crippen LogP contribution < -0.4 is 10.3 Å². The largest absolute Gasteiger partial charge is 0.481 e. The van der Waals surface area contributed by atoms with Crippen molar-refractivity contribution < 1.29 is 18.3 Å². The summed E-state index contributed by atoms with van der Waals surface area (Å²) in [6.45, 7) is 5.17. The second kappa shape index (κ2) is 8.44. The molecule has 0 fully saturated rings. The van der Waals surface area contributed by atoms with E-state index < -0.39 is 33.0 Å². The van der Waals surface area contributed by atoms with Crippen LogP contribution in [0.25, 0.3) is 5.82 Å². The van der Waals surface area contributed by atoms with Gasteiger partial charge in [0, 0.05) is 41.8 Å². The van der Waals surface area contributed by atoms with Crippen LogP contribution in [-0.2, 0) is 14.8 Å². The Labute approximate surface area is 179 Å². The first-order valence-electron chi connectivity index (χ1n) is 9.40. The minimum absolute atomic E-state index is 0.0369. The number of carbonyl (C=O) groups is 1. The van der Waals surface area contributed by atoms with Crippen LogP contribution in [-0.4, -0.2) is 44.8 Å². The lowest BCUT2D eigenvalue weighted by molar-refractivity contribution is -0.137. The van der Waals surface area contributed by atoms with Crippen LogP contribution in [0.2, 0.25) is 0 Å². The fraction of sp³-hybridized carbons (Fsp3) is 0.300. The fourth-order valence-corrected chi connectivity index (χ4v) is 4.46. The molecular weight excluding hydrogens is 422 g/mol. The van der Waals surface area contributed by atoms with Gasteiger partial charge in [0.25, 0.3) is 5.56 Å². The summed E-state index contributed by atoms with van der Waals surface area (Å²) in [7, 11) is -3.77. The molecule has 0 aliphatic heterocycles. The lowest BCUT2D eigenvalue weighted by atomic mass is 9.91. The summed E-state index contributed by atoms with van der Waals surface area (Å²) < 4.78 is 28.5. The molecule has 0 aliphatic rings. The molecule has 1 unspecified atom stereocenters. The van der Waals surface area contributed by atoms with Crippen molar-refractivity contribution in [1.82, 2.24) is 24.5 Å². The van der Waals surface area contributed by atoms with Gasteiger partial charge in [-0.15, -0.1) is 0 Å². The van der Waals surface area contributed by atoms with Gasteiger partial charge in [-0.1, -0.05) is 6.07 Å². The van der Waals surface area contributed by atoms with Crippen LogP contribution in [0.1, 0.15) is 44.2 Å². The average molecular weight is 446 g/mol. The first-order valence-corrected chi connectivity index (χ1v) is 10.9. The zero-order valence-corrected chi connectivity index (χ0v) is 18.0. The zero-order chi connectivity index (χ0) is 22.8. The molecular formula is C20H23N5O5S. The van der Waals surface area contributed by atoms with Crippen molar-refractivity contribution in [3.05, 3.63) is 70.5 Å². The van der Waals surface area contributed by atoms with Gasteiger partial charge in [0.2, 0.25) is 10.0 Å². The summed E-state index contributed by atoms with van der Waals surface area (Å²) in [4.78, 5) is 32.4. The van der Waals surface area contributed by atoms with Gasteiger partial charge in [-0.3, -0.25) is 19.7 Å². The Kier molecular flexibility index (Phi) is 6.09. The third-order valence-electron chi connectivity index (χ3n) is 4.34. The van der Waals surface area contributed by atoms with E-state index in [0.717, 1.165) is 10.9 Å². The third-order valence-corrected chi connectivity index (χ3v) is 6.08. The number of pyridine rings is 2. The van der Waals surface area contributed by atoms with Gasteiger partial charge in [-0.2, -0.15) is 0 Å². The number of hydrogen-bond donors (Lipinski definition) is 3. The van der Waals surface area contributed by atoms with Crippen LogP contribution in [0.4, 0.5) is 0 Å². The molecule has 0 radical (unpaired) electrons. The first kappa shape index (κ1) is 22.4. The highest BCUT2D eigenvalue weighted by atomic mass is 32.2. The number of nitrogens with zero attached hydrogens (tertiary/aromatic N) is 3. The summed E-state index contributed by atoms with van der Waals surface area (Å²) in [5.74, 6) is -1.59. The number of aliphatic carboxylic acids is 1. The normalized spacial score (nSPS) is 13.1. The van der Waals surface area contributed by atoms with Crippen LogP contribution >= 0.6 is 0 Å². The molecule has 0 bridgehead atoms. The van der Waals surface area contributed by atoms with E-state index in [2.05, 4.69) is 19.8 Å². The molecule has 0 spiro atoms. The average Bonchev–Trinajstić information content (AvgIpc) is 3.06. The van der Waals surface area contributed by atoms with E-state index in [9.17, 15) is 23.1 Å². The molecule has 10 nitrogen and oxygen atoms in total. The molecule has 3 aromatic heterocycles. The van der Waals surface area contributed by atoms with Gasteiger partial charge in [0.1, 0.15) is 4.90 Å². The van der Waals surface area contributed by atoms with Crippen LogP contribution in [0.3, 0.4) is 0 Å². The number of nitrogens with one attached hydrogen (secondary N) is 2. The lowest BCUT2D eigenvalue weighted by Gasteiger charge is -2.20. The van der Waals surface area contributed by atoms with Crippen molar-refractivity contribution in [2.24, 2.45) is 0 Å². The minimum atomic E-state index is -3.77. The van der Waals surface area contributed by atoms with Gasteiger partial charge in [0.15, 0.2) is 5.82 Å². The number of aromatic nitrogens is 4. The second-order valence-corrected chi connectivity index (χ2v) is 9.70. The molecule has 0 saturated heterocycles. The minimum Gasteiger partial charge on any atom is -0.481 e. The maximum Gasteiger partial charge on any atom is 0.304 e. The molecule has 3 heterocycles. The van der Waals surface area contributed by atoms with Crippen LogP contribution in [0.15, 0.2) is 58.7 Å². The van der Waals surface area contributed by atoms with Gasteiger partial charge in [-0.25, -0.2) is 22.8 Å². The van der Waals surface area contributed by atoms with Crippen molar-refractivity contribution in [2.75, 3.05) is 0 Å². The van der Waals surface area contributed by atoms with Crippen LogP contribution in [0.5, 0.6) is 0 Å².